The number of nitrogens with one attached hydrogen (secondary N) is 2. The molecule has 0 aliphatic rings. The molecule has 1 aromatic heterocycles. The highest BCUT2D eigenvalue weighted by molar-refractivity contribution is 9.10. The molecule has 146 valence electrons. The lowest BCUT2D eigenvalue weighted by atomic mass is 10.1. The Hall–Kier alpha value is -2.36. The van der Waals surface area contributed by atoms with Crippen molar-refractivity contribution in [3.05, 3.63) is 75.6 Å². The Labute approximate surface area is 175 Å². The van der Waals surface area contributed by atoms with Gasteiger partial charge in [0.05, 0.1) is 7.11 Å². The summed E-state index contributed by atoms with van der Waals surface area (Å²) in [7, 11) is -2.10. The fourth-order valence-electron chi connectivity index (χ4n) is 2.51. The number of sulfonamides is 1. The molecule has 0 atom stereocenters. The Balaban J connectivity index is 1.72. The zero-order valence-electron chi connectivity index (χ0n) is 14.8. The van der Waals surface area contributed by atoms with Gasteiger partial charge in [0, 0.05) is 27.8 Å². The van der Waals surface area contributed by atoms with E-state index in [-0.39, 0.29) is 16.7 Å². The average molecular weight is 481 g/mol. The lowest BCUT2D eigenvalue weighted by Gasteiger charge is -2.11. The van der Waals surface area contributed by atoms with Gasteiger partial charge in [-0.25, -0.2) is 8.42 Å². The summed E-state index contributed by atoms with van der Waals surface area (Å²) in [5.41, 5.74) is 1.49. The van der Waals surface area contributed by atoms with Crippen LogP contribution in [0.5, 0.6) is 5.75 Å². The van der Waals surface area contributed by atoms with Crippen molar-refractivity contribution in [2.24, 2.45) is 0 Å². The standard InChI is InChI=1S/C19H17BrN2O4S2/c1-26-17-8-7-15(20)10-14(17)12-21-19(23)13-4-2-5-16(11-13)22-28(24,25)18-6-3-9-27-18/h2-11,22H,12H2,1H3,(H,21,23). The molecule has 6 nitrogen and oxygen atoms in total. The second-order valence-electron chi connectivity index (χ2n) is 5.76. The van der Waals surface area contributed by atoms with Crippen LogP contribution in [-0.2, 0) is 16.6 Å². The number of carbonyl (C=O) groups excluding carboxylic acids is 1. The number of halogens is 1. The van der Waals surface area contributed by atoms with Crippen LogP contribution < -0.4 is 14.8 Å². The average Bonchev–Trinajstić information content (AvgIpc) is 3.22. The van der Waals surface area contributed by atoms with Gasteiger partial charge >= 0.3 is 0 Å². The van der Waals surface area contributed by atoms with Crippen molar-refractivity contribution in [2.75, 3.05) is 11.8 Å². The van der Waals surface area contributed by atoms with Crippen molar-refractivity contribution in [3.63, 3.8) is 0 Å². The second kappa shape index (κ2) is 8.76. The molecule has 3 aromatic rings. The Morgan fingerprint density at radius 2 is 1.96 bits per heavy atom. The van der Waals surface area contributed by atoms with Gasteiger partial charge in [0.25, 0.3) is 15.9 Å². The Kier molecular flexibility index (Phi) is 6.38. The summed E-state index contributed by atoms with van der Waals surface area (Å²) >= 11 is 4.52. The highest BCUT2D eigenvalue weighted by atomic mass is 79.9. The summed E-state index contributed by atoms with van der Waals surface area (Å²) in [6, 6.07) is 15.1. The van der Waals surface area contributed by atoms with Gasteiger partial charge in [0.1, 0.15) is 9.96 Å². The van der Waals surface area contributed by atoms with Gasteiger partial charge in [-0.2, -0.15) is 0 Å². The van der Waals surface area contributed by atoms with Crippen LogP contribution in [0.1, 0.15) is 15.9 Å². The van der Waals surface area contributed by atoms with E-state index in [1.807, 2.05) is 18.2 Å². The molecule has 0 aliphatic carbocycles. The van der Waals surface area contributed by atoms with Crippen LogP contribution in [0.3, 0.4) is 0 Å². The third-order valence-electron chi connectivity index (χ3n) is 3.82. The minimum absolute atomic E-state index is 0.212. The van der Waals surface area contributed by atoms with Crippen molar-refractivity contribution < 1.29 is 17.9 Å². The molecule has 0 radical (unpaired) electrons. The SMILES string of the molecule is COc1ccc(Br)cc1CNC(=O)c1cccc(NS(=O)(=O)c2cccs2)c1. The highest BCUT2D eigenvalue weighted by Gasteiger charge is 2.16. The first-order chi connectivity index (χ1) is 13.4. The van der Waals surface area contributed by atoms with Crippen molar-refractivity contribution in [1.29, 1.82) is 0 Å². The van der Waals surface area contributed by atoms with E-state index in [0.717, 1.165) is 21.4 Å². The zero-order chi connectivity index (χ0) is 20.1. The third-order valence-corrected chi connectivity index (χ3v) is 7.09. The number of hydrogen-bond acceptors (Lipinski definition) is 5. The number of anilines is 1. The molecule has 0 bridgehead atoms. The quantitative estimate of drug-likeness (QED) is 0.529. The third kappa shape index (κ3) is 4.92. The molecule has 2 aromatic carbocycles. The minimum atomic E-state index is -3.67. The molecule has 2 N–H and O–H groups in total. The topological polar surface area (TPSA) is 84.5 Å². The molecule has 3 rings (SSSR count). The number of thiophene rings is 1. The largest absolute Gasteiger partial charge is 0.496 e. The summed E-state index contributed by atoms with van der Waals surface area (Å²) in [4.78, 5) is 12.5. The van der Waals surface area contributed by atoms with Crippen molar-refractivity contribution in [2.45, 2.75) is 10.8 Å². The van der Waals surface area contributed by atoms with Gasteiger partial charge in [-0.1, -0.05) is 28.1 Å². The molecular weight excluding hydrogens is 464 g/mol. The van der Waals surface area contributed by atoms with E-state index >= 15 is 0 Å². The van der Waals surface area contributed by atoms with E-state index in [2.05, 4.69) is 26.0 Å². The van der Waals surface area contributed by atoms with Crippen LogP contribution >= 0.6 is 27.3 Å². The van der Waals surface area contributed by atoms with Gasteiger partial charge in [0.15, 0.2) is 0 Å². The van der Waals surface area contributed by atoms with Gasteiger partial charge in [-0.3, -0.25) is 9.52 Å². The van der Waals surface area contributed by atoms with Crippen LogP contribution in [0.15, 0.2) is 68.7 Å². The van der Waals surface area contributed by atoms with E-state index in [4.69, 9.17) is 4.74 Å². The van der Waals surface area contributed by atoms with Crippen LogP contribution in [0.4, 0.5) is 5.69 Å². The smallest absolute Gasteiger partial charge is 0.271 e. The van der Waals surface area contributed by atoms with Crippen molar-refractivity contribution in [3.8, 4) is 5.75 Å². The number of hydrogen-bond donors (Lipinski definition) is 2. The Morgan fingerprint density at radius 1 is 1.14 bits per heavy atom. The van der Waals surface area contributed by atoms with E-state index in [0.29, 0.717) is 17.0 Å². The Morgan fingerprint density at radius 3 is 2.68 bits per heavy atom. The van der Waals surface area contributed by atoms with E-state index in [9.17, 15) is 13.2 Å². The molecule has 1 heterocycles. The maximum atomic E-state index is 12.5. The number of rotatable bonds is 7. The monoisotopic (exact) mass is 480 g/mol. The van der Waals surface area contributed by atoms with Crippen LogP contribution in [-0.4, -0.2) is 21.4 Å². The molecule has 9 heteroatoms. The molecular formula is C19H17BrN2O4S2. The summed E-state index contributed by atoms with van der Waals surface area (Å²) in [6.07, 6.45) is 0. The van der Waals surface area contributed by atoms with Gasteiger partial charge < -0.3 is 10.1 Å². The molecule has 0 saturated carbocycles. The van der Waals surface area contributed by atoms with E-state index < -0.39 is 10.0 Å². The van der Waals surface area contributed by atoms with Crippen LogP contribution in [0, 0.1) is 0 Å². The predicted molar refractivity (Wildman–Crippen MR) is 113 cm³/mol. The molecule has 28 heavy (non-hydrogen) atoms. The maximum Gasteiger partial charge on any atom is 0.271 e. The normalized spacial score (nSPS) is 11.1. The second-order valence-corrected chi connectivity index (χ2v) is 9.53. The zero-order valence-corrected chi connectivity index (χ0v) is 18.0. The summed E-state index contributed by atoms with van der Waals surface area (Å²) in [5.74, 6) is 0.347. The number of benzene rings is 2. The van der Waals surface area contributed by atoms with E-state index in [1.54, 1.807) is 36.8 Å². The molecule has 0 unspecified atom stereocenters. The molecule has 0 spiro atoms. The van der Waals surface area contributed by atoms with Crippen molar-refractivity contribution in [1.82, 2.24) is 5.32 Å². The number of ether oxygens (including phenoxy) is 1. The fraction of sp³-hybridized carbons (Fsp3) is 0.105. The van der Waals surface area contributed by atoms with Crippen LogP contribution in [0.25, 0.3) is 0 Å². The van der Waals surface area contributed by atoms with Crippen molar-refractivity contribution >= 4 is 48.9 Å². The first-order valence-electron chi connectivity index (χ1n) is 8.16. The highest BCUT2D eigenvalue weighted by Crippen LogP contribution is 2.23. The first-order valence-corrected chi connectivity index (χ1v) is 11.3. The number of carbonyl (C=O) groups is 1. The molecule has 0 fully saturated rings. The molecule has 0 aliphatic heterocycles. The lowest BCUT2D eigenvalue weighted by Crippen LogP contribution is -2.23. The van der Waals surface area contributed by atoms with Gasteiger partial charge in [-0.05, 0) is 47.8 Å². The molecule has 0 saturated heterocycles. The number of amides is 1. The molecule has 1 amide bonds. The summed E-state index contributed by atoms with van der Waals surface area (Å²) in [5, 5.41) is 4.51. The maximum absolute atomic E-state index is 12.5. The van der Waals surface area contributed by atoms with Gasteiger partial charge in [0.2, 0.25) is 0 Å². The number of methoxy groups -OCH3 is 1. The first kappa shape index (κ1) is 20.4. The summed E-state index contributed by atoms with van der Waals surface area (Å²) in [6.45, 7) is 0.270. The van der Waals surface area contributed by atoms with E-state index in [1.165, 1.54) is 12.1 Å². The predicted octanol–water partition coefficient (Wildman–Crippen LogP) is 4.25. The van der Waals surface area contributed by atoms with Crippen LogP contribution in [0.2, 0.25) is 0 Å². The minimum Gasteiger partial charge on any atom is -0.496 e. The van der Waals surface area contributed by atoms with Gasteiger partial charge in [-0.15, -0.1) is 11.3 Å². The fourth-order valence-corrected chi connectivity index (χ4v) is 4.96. The summed E-state index contributed by atoms with van der Waals surface area (Å²) < 4.78 is 33.6. The lowest BCUT2D eigenvalue weighted by molar-refractivity contribution is 0.0950. The Bertz CT molecular complexity index is 1080.